The van der Waals surface area contributed by atoms with Crippen LogP contribution >= 0.6 is 0 Å². The Morgan fingerprint density at radius 1 is 1.19 bits per heavy atom. The van der Waals surface area contributed by atoms with E-state index in [0.29, 0.717) is 5.69 Å². The van der Waals surface area contributed by atoms with E-state index in [-0.39, 0.29) is 17.0 Å². The number of aromatic carboxylic acids is 1. The average Bonchev–Trinajstić information content (AvgIpc) is 2.83. The molecule has 4 nitrogen and oxygen atoms in total. The highest BCUT2D eigenvalue weighted by Gasteiger charge is 2.19. The number of carboxylic acids is 1. The van der Waals surface area contributed by atoms with E-state index in [4.69, 9.17) is 0 Å². The number of rotatable bonds is 3. The first-order chi connectivity index (χ1) is 9.70. The van der Waals surface area contributed by atoms with E-state index < -0.39 is 5.97 Å². The van der Waals surface area contributed by atoms with Gasteiger partial charge in [0, 0.05) is 17.8 Å². The Bertz CT molecular complexity index is 646. The molecule has 1 aromatic carbocycles. The number of nitrogens with zero attached hydrogens (tertiary/aromatic N) is 2. The van der Waals surface area contributed by atoms with E-state index in [2.05, 4.69) is 25.9 Å². The lowest BCUT2D eigenvalue weighted by molar-refractivity contribution is 0.0697. The molecule has 2 rings (SSSR count). The Morgan fingerprint density at radius 2 is 1.76 bits per heavy atom. The molecule has 0 fully saturated rings. The molecule has 0 atom stereocenters. The third kappa shape index (κ3) is 3.15. The Labute approximate surface area is 125 Å². The van der Waals surface area contributed by atoms with Crippen LogP contribution in [0.4, 0.5) is 0 Å². The highest BCUT2D eigenvalue weighted by molar-refractivity contribution is 5.94. The minimum atomic E-state index is -0.947. The van der Waals surface area contributed by atoms with Crippen molar-refractivity contribution >= 4 is 5.97 Å². The normalized spacial score (nSPS) is 11.9. The Morgan fingerprint density at radius 3 is 2.19 bits per heavy atom. The van der Waals surface area contributed by atoms with Crippen LogP contribution in [0.25, 0.3) is 11.3 Å². The molecule has 4 heteroatoms. The van der Waals surface area contributed by atoms with Gasteiger partial charge in [0.25, 0.3) is 0 Å². The van der Waals surface area contributed by atoms with Gasteiger partial charge in [-0.25, -0.2) is 4.79 Å². The molecule has 0 unspecified atom stereocenters. The molecule has 1 aromatic heterocycles. The molecule has 0 radical (unpaired) electrons. The number of carboxylic acid groups (broad SMARTS) is 1. The molecule has 0 spiro atoms. The summed E-state index contributed by atoms with van der Waals surface area (Å²) in [6.45, 7) is 10.4. The molecular weight excluding hydrogens is 264 g/mol. The van der Waals surface area contributed by atoms with Gasteiger partial charge in [0.15, 0.2) is 0 Å². The summed E-state index contributed by atoms with van der Waals surface area (Å²) in [5.41, 5.74) is 2.89. The van der Waals surface area contributed by atoms with E-state index in [1.165, 1.54) is 5.56 Å². The topological polar surface area (TPSA) is 55.1 Å². The summed E-state index contributed by atoms with van der Waals surface area (Å²) >= 11 is 0. The second-order valence-electron chi connectivity index (χ2n) is 6.60. The van der Waals surface area contributed by atoms with Gasteiger partial charge in [-0.05, 0) is 24.8 Å². The lowest BCUT2D eigenvalue weighted by Crippen LogP contribution is -2.10. The first kappa shape index (κ1) is 15.3. The van der Waals surface area contributed by atoms with Crippen LogP contribution in [0.3, 0.4) is 0 Å². The standard InChI is InChI=1S/C17H22N2O2/c1-11(2)19-10-14(16(20)21)15(18-19)12-6-8-13(9-7-12)17(3,4)5/h6-11H,1-5H3,(H,20,21). The van der Waals surface area contributed by atoms with Crippen molar-refractivity contribution in [2.45, 2.75) is 46.1 Å². The molecule has 1 heterocycles. The van der Waals surface area contributed by atoms with Crippen LogP contribution in [0.2, 0.25) is 0 Å². The fraction of sp³-hybridized carbons (Fsp3) is 0.412. The van der Waals surface area contributed by atoms with Gasteiger partial charge in [0.2, 0.25) is 0 Å². The van der Waals surface area contributed by atoms with Gasteiger partial charge in [0.1, 0.15) is 11.3 Å². The van der Waals surface area contributed by atoms with Crippen LogP contribution in [0.5, 0.6) is 0 Å². The number of hydrogen-bond acceptors (Lipinski definition) is 2. The molecule has 112 valence electrons. The fourth-order valence-electron chi connectivity index (χ4n) is 2.15. The lowest BCUT2D eigenvalue weighted by Gasteiger charge is -2.19. The number of hydrogen-bond donors (Lipinski definition) is 1. The van der Waals surface area contributed by atoms with Crippen LogP contribution in [0.1, 0.15) is 56.6 Å². The summed E-state index contributed by atoms with van der Waals surface area (Å²) in [5, 5.41) is 13.8. The van der Waals surface area contributed by atoms with E-state index in [1.807, 2.05) is 38.1 Å². The number of aromatic nitrogens is 2. The third-order valence-corrected chi connectivity index (χ3v) is 3.52. The Balaban J connectivity index is 2.48. The van der Waals surface area contributed by atoms with Crippen LogP contribution < -0.4 is 0 Å². The molecule has 2 aromatic rings. The summed E-state index contributed by atoms with van der Waals surface area (Å²) in [4.78, 5) is 11.4. The quantitative estimate of drug-likeness (QED) is 0.923. The Hall–Kier alpha value is -2.10. The maximum absolute atomic E-state index is 11.4. The third-order valence-electron chi connectivity index (χ3n) is 3.52. The molecule has 0 aliphatic carbocycles. The predicted octanol–water partition coefficient (Wildman–Crippen LogP) is 4.13. The minimum Gasteiger partial charge on any atom is -0.478 e. The zero-order chi connectivity index (χ0) is 15.8. The average molecular weight is 286 g/mol. The molecule has 0 amide bonds. The Kier molecular flexibility index (Phi) is 3.90. The van der Waals surface area contributed by atoms with Crippen molar-refractivity contribution in [1.29, 1.82) is 0 Å². The summed E-state index contributed by atoms with van der Waals surface area (Å²) in [5.74, 6) is -0.947. The van der Waals surface area contributed by atoms with Crippen LogP contribution in [0.15, 0.2) is 30.5 Å². The summed E-state index contributed by atoms with van der Waals surface area (Å²) in [6.07, 6.45) is 1.60. The van der Waals surface area contributed by atoms with Crippen molar-refractivity contribution in [2.75, 3.05) is 0 Å². The van der Waals surface area contributed by atoms with Crippen molar-refractivity contribution in [3.63, 3.8) is 0 Å². The van der Waals surface area contributed by atoms with Gasteiger partial charge in [-0.15, -0.1) is 0 Å². The molecule has 0 saturated heterocycles. The lowest BCUT2D eigenvalue weighted by atomic mass is 9.86. The zero-order valence-electron chi connectivity index (χ0n) is 13.2. The summed E-state index contributed by atoms with van der Waals surface area (Å²) < 4.78 is 1.69. The second-order valence-corrected chi connectivity index (χ2v) is 6.60. The van der Waals surface area contributed by atoms with Crippen molar-refractivity contribution in [3.05, 3.63) is 41.6 Å². The molecular formula is C17H22N2O2. The van der Waals surface area contributed by atoms with Crippen molar-refractivity contribution in [1.82, 2.24) is 9.78 Å². The van der Waals surface area contributed by atoms with Gasteiger partial charge < -0.3 is 5.11 Å². The van der Waals surface area contributed by atoms with Gasteiger partial charge in [-0.3, -0.25) is 4.68 Å². The largest absolute Gasteiger partial charge is 0.478 e. The minimum absolute atomic E-state index is 0.0749. The SMILES string of the molecule is CC(C)n1cc(C(=O)O)c(-c2ccc(C(C)(C)C)cc2)n1. The summed E-state index contributed by atoms with van der Waals surface area (Å²) in [6, 6.07) is 8.09. The van der Waals surface area contributed by atoms with Crippen LogP contribution in [-0.2, 0) is 5.41 Å². The molecule has 0 aliphatic rings. The van der Waals surface area contributed by atoms with Crippen molar-refractivity contribution < 1.29 is 9.90 Å². The predicted molar refractivity (Wildman–Crippen MR) is 83.7 cm³/mol. The molecule has 0 aliphatic heterocycles. The van der Waals surface area contributed by atoms with E-state index in [0.717, 1.165) is 5.56 Å². The van der Waals surface area contributed by atoms with E-state index in [1.54, 1.807) is 10.9 Å². The maximum Gasteiger partial charge on any atom is 0.339 e. The summed E-state index contributed by atoms with van der Waals surface area (Å²) in [7, 11) is 0. The number of benzene rings is 1. The maximum atomic E-state index is 11.4. The van der Waals surface area contributed by atoms with Crippen molar-refractivity contribution in [3.8, 4) is 11.3 Å². The van der Waals surface area contributed by atoms with E-state index >= 15 is 0 Å². The van der Waals surface area contributed by atoms with Crippen LogP contribution in [0, 0.1) is 0 Å². The highest BCUT2D eigenvalue weighted by Crippen LogP contribution is 2.27. The molecule has 21 heavy (non-hydrogen) atoms. The smallest absolute Gasteiger partial charge is 0.339 e. The first-order valence-corrected chi connectivity index (χ1v) is 7.13. The van der Waals surface area contributed by atoms with Gasteiger partial charge in [-0.1, -0.05) is 45.0 Å². The van der Waals surface area contributed by atoms with Gasteiger partial charge >= 0.3 is 5.97 Å². The van der Waals surface area contributed by atoms with Gasteiger partial charge in [0.05, 0.1) is 0 Å². The fourth-order valence-corrected chi connectivity index (χ4v) is 2.15. The van der Waals surface area contributed by atoms with Gasteiger partial charge in [-0.2, -0.15) is 5.10 Å². The monoisotopic (exact) mass is 286 g/mol. The van der Waals surface area contributed by atoms with E-state index in [9.17, 15) is 9.90 Å². The molecule has 0 bridgehead atoms. The molecule has 0 saturated carbocycles. The highest BCUT2D eigenvalue weighted by atomic mass is 16.4. The molecule has 1 N–H and O–H groups in total. The number of carbonyl (C=O) groups is 1. The first-order valence-electron chi connectivity index (χ1n) is 7.13. The zero-order valence-corrected chi connectivity index (χ0v) is 13.2. The van der Waals surface area contributed by atoms with Crippen LogP contribution in [-0.4, -0.2) is 20.9 Å². The van der Waals surface area contributed by atoms with Crippen molar-refractivity contribution in [2.24, 2.45) is 0 Å². The second kappa shape index (κ2) is 5.35.